The van der Waals surface area contributed by atoms with E-state index in [0.29, 0.717) is 6.42 Å². The Morgan fingerprint density at radius 2 is 2.12 bits per heavy atom. The monoisotopic (exact) mass is 385 g/mol. The number of sulfone groups is 1. The second kappa shape index (κ2) is 7.68. The molecule has 1 atom stereocenters. The van der Waals surface area contributed by atoms with E-state index in [1.807, 2.05) is 0 Å². The molecule has 1 aromatic carbocycles. The quantitative estimate of drug-likeness (QED) is 0.319. The van der Waals surface area contributed by atoms with Gasteiger partial charge in [0.05, 0.1) is 27.7 Å². The van der Waals surface area contributed by atoms with Gasteiger partial charge in [-0.3, -0.25) is 14.9 Å². The van der Waals surface area contributed by atoms with E-state index < -0.39 is 39.3 Å². The van der Waals surface area contributed by atoms with Gasteiger partial charge in [-0.25, -0.2) is 13.2 Å². The molecule has 1 amide bonds. The number of amides is 1. The predicted molar refractivity (Wildman–Crippen MR) is 92.2 cm³/mol. The van der Waals surface area contributed by atoms with Crippen molar-refractivity contribution in [3.05, 3.63) is 33.9 Å². The van der Waals surface area contributed by atoms with Crippen LogP contribution in [0.2, 0.25) is 0 Å². The standard InChI is InChI=1S/C15H19N3O7S/c1-2-17(11-5-6-26(23,24)9-11)14(19)8-25-15(20)12-4-3-10(18(21)22)7-13(12)16/h3-4,7,11H,2,5-6,8-9,16H2,1H3. The molecule has 11 heteroatoms. The minimum Gasteiger partial charge on any atom is -0.452 e. The normalized spacial score (nSPS) is 18.3. The minimum atomic E-state index is -3.15. The number of hydrogen-bond acceptors (Lipinski definition) is 8. The van der Waals surface area contributed by atoms with Crippen LogP contribution in [0, 0.1) is 10.1 Å². The number of esters is 1. The molecular weight excluding hydrogens is 366 g/mol. The fourth-order valence-electron chi connectivity index (χ4n) is 2.80. The average molecular weight is 385 g/mol. The summed E-state index contributed by atoms with van der Waals surface area (Å²) in [4.78, 5) is 35.7. The van der Waals surface area contributed by atoms with Crippen LogP contribution in [-0.2, 0) is 19.4 Å². The number of likely N-dealkylation sites (N-methyl/N-ethyl adjacent to an activating group) is 1. The second-order valence-electron chi connectivity index (χ2n) is 5.84. The fraction of sp³-hybridized carbons (Fsp3) is 0.467. The number of carbonyl (C=O) groups excluding carboxylic acids is 2. The SMILES string of the molecule is CCN(C(=O)COC(=O)c1ccc([N+](=O)[O-])cc1N)C1CCS(=O)(=O)C1. The van der Waals surface area contributed by atoms with Crippen LogP contribution in [0.15, 0.2) is 18.2 Å². The number of benzene rings is 1. The van der Waals surface area contributed by atoms with Crippen molar-refractivity contribution in [3.8, 4) is 0 Å². The molecule has 0 bridgehead atoms. The summed E-state index contributed by atoms with van der Waals surface area (Å²) < 4.78 is 28.1. The average Bonchev–Trinajstić information content (AvgIpc) is 2.92. The Kier molecular flexibility index (Phi) is 5.80. The van der Waals surface area contributed by atoms with E-state index in [4.69, 9.17) is 10.5 Å². The molecule has 0 saturated carbocycles. The zero-order chi connectivity index (χ0) is 19.5. The van der Waals surface area contributed by atoms with Crippen LogP contribution in [0.4, 0.5) is 11.4 Å². The number of anilines is 1. The Hall–Kier alpha value is -2.69. The Morgan fingerprint density at radius 1 is 1.42 bits per heavy atom. The van der Waals surface area contributed by atoms with Crippen molar-refractivity contribution in [2.45, 2.75) is 19.4 Å². The number of nitro benzene ring substituents is 1. The Bertz CT molecular complexity index is 838. The molecule has 26 heavy (non-hydrogen) atoms. The number of hydrogen-bond donors (Lipinski definition) is 1. The van der Waals surface area contributed by atoms with E-state index >= 15 is 0 Å². The van der Waals surface area contributed by atoms with Crippen molar-refractivity contribution in [1.82, 2.24) is 4.90 Å². The maximum absolute atomic E-state index is 12.3. The molecule has 1 heterocycles. The zero-order valence-corrected chi connectivity index (χ0v) is 14.9. The number of carbonyl (C=O) groups is 2. The lowest BCUT2D eigenvalue weighted by atomic mass is 10.1. The van der Waals surface area contributed by atoms with Crippen molar-refractivity contribution >= 4 is 33.1 Å². The highest BCUT2D eigenvalue weighted by Crippen LogP contribution is 2.21. The molecule has 1 unspecified atom stereocenters. The maximum Gasteiger partial charge on any atom is 0.340 e. The first-order valence-corrected chi connectivity index (χ1v) is 9.67. The minimum absolute atomic E-state index is 0.0283. The molecule has 0 spiro atoms. The van der Waals surface area contributed by atoms with E-state index in [9.17, 15) is 28.1 Å². The third-order valence-electron chi connectivity index (χ3n) is 4.10. The molecule has 1 aliphatic rings. The molecule has 1 saturated heterocycles. The first kappa shape index (κ1) is 19.6. The summed E-state index contributed by atoms with van der Waals surface area (Å²) in [6.07, 6.45) is 0.352. The second-order valence-corrected chi connectivity index (χ2v) is 8.07. The van der Waals surface area contributed by atoms with E-state index in [-0.39, 0.29) is 35.0 Å². The highest BCUT2D eigenvalue weighted by atomic mass is 32.2. The molecule has 142 valence electrons. The summed E-state index contributed by atoms with van der Waals surface area (Å²) in [5.41, 5.74) is 5.12. The third-order valence-corrected chi connectivity index (χ3v) is 5.85. The molecule has 0 aromatic heterocycles. The highest BCUT2D eigenvalue weighted by Gasteiger charge is 2.34. The van der Waals surface area contributed by atoms with E-state index in [1.165, 1.54) is 4.90 Å². The molecule has 1 aliphatic heterocycles. The van der Waals surface area contributed by atoms with Gasteiger partial charge in [0.1, 0.15) is 0 Å². The number of nitrogens with zero attached hydrogens (tertiary/aromatic N) is 2. The maximum atomic E-state index is 12.3. The van der Waals surface area contributed by atoms with Gasteiger partial charge in [0.15, 0.2) is 16.4 Å². The number of ether oxygens (including phenoxy) is 1. The summed E-state index contributed by atoms with van der Waals surface area (Å²) in [6, 6.07) is 2.86. The lowest BCUT2D eigenvalue weighted by molar-refractivity contribution is -0.384. The molecular formula is C15H19N3O7S. The van der Waals surface area contributed by atoms with Gasteiger partial charge in [0, 0.05) is 24.7 Å². The molecule has 2 N–H and O–H groups in total. The topological polar surface area (TPSA) is 150 Å². The Balaban J connectivity index is 2.00. The molecule has 2 rings (SSSR count). The summed E-state index contributed by atoms with van der Waals surface area (Å²) in [5.74, 6) is -1.47. The van der Waals surface area contributed by atoms with Gasteiger partial charge in [-0.15, -0.1) is 0 Å². The summed E-state index contributed by atoms with van der Waals surface area (Å²) >= 11 is 0. The van der Waals surface area contributed by atoms with Crippen LogP contribution >= 0.6 is 0 Å². The molecule has 0 aliphatic carbocycles. The van der Waals surface area contributed by atoms with Crippen molar-refractivity contribution in [2.75, 3.05) is 30.4 Å². The molecule has 0 radical (unpaired) electrons. The van der Waals surface area contributed by atoms with Crippen molar-refractivity contribution in [3.63, 3.8) is 0 Å². The summed E-state index contributed by atoms with van der Waals surface area (Å²) in [7, 11) is -3.15. The van der Waals surface area contributed by atoms with Crippen molar-refractivity contribution in [1.29, 1.82) is 0 Å². The number of rotatable bonds is 6. The van der Waals surface area contributed by atoms with Crippen LogP contribution in [0.25, 0.3) is 0 Å². The number of non-ortho nitro benzene ring substituents is 1. The highest BCUT2D eigenvalue weighted by molar-refractivity contribution is 7.91. The zero-order valence-electron chi connectivity index (χ0n) is 14.1. The number of nitrogens with two attached hydrogens (primary N) is 1. The smallest absolute Gasteiger partial charge is 0.340 e. The first-order valence-electron chi connectivity index (χ1n) is 7.85. The molecule has 1 aromatic rings. The van der Waals surface area contributed by atoms with Crippen LogP contribution in [0.3, 0.4) is 0 Å². The lowest BCUT2D eigenvalue weighted by Crippen LogP contribution is -2.43. The van der Waals surface area contributed by atoms with E-state index in [2.05, 4.69) is 0 Å². The number of nitrogen functional groups attached to an aromatic ring is 1. The Morgan fingerprint density at radius 3 is 2.62 bits per heavy atom. The summed E-state index contributed by atoms with van der Waals surface area (Å²) in [6.45, 7) is 1.43. The van der Waals surface area contributed by atoms with Gasteiger partial charge < -0.3 is 15.4 Å². The van der Waals surface area contributed by atoms with Crippen molar-refractivity contribution < 1.29 is 27.7 Å². The first-order chi connectivity index (χ1) is 12.1. The largest absolute Gasteiger partial charge is 0.452 e. The van der Waals surface area contributed by atoms with Crippen LogP contribution in [0.1, 0.15) is 23.7 Å². The van der Waals surface area contributed by atoms with Crippen LogP contribution in [0.5, 0.6) is 0 Å². The third kappa shape index (κ3) is 4.48. The van der Waals surface area contributed by atoms with Gasteiger partial charge in [-0.05, 0) is 19.4 Å². The molecule has 10 nitrogen and oxygen atoms in total. The Labute approximate surface area is 150 Å². The summed E-state index contributed by atoms with van der Waals surface area (Å²) in [5, 5.41) is 10.7. The van der Waals surface area contributed by atoms with Gasteiger partial charge in [0.25, 0.3) is 11.6 Å². The fourth-order valence-corrected chi connectivity index (χ4v) is 4.53. The van der Waals surface area contributed by atoms with Crippen LogP contribution in [-0.4, -0.2) is 60.8 Å². The van der Waals surface area contributed by atoms with Gasteiger partial charge in [-0.1, -0.05) is 0 Å². The van der Waals surface area contributed by atoms with Gasteiger partial charge in [-0.2, -0.15) is 0 Å². The van der Waals surface area contributed by atoms with E-state index in [0.717, 1.165) is 18.2 Å². The van der Waals surface area contributed by atoms with E-state index in [1.54, 1.807) is 6.92 Å². The van der Waals surface area contributed by atoms with Crippen molar-refractivity contribution in [2.24, 2.45) is 0 Å². The molecule has 1 fully saturated rings. The predicted octanol–water partition coefficient (Wildman–Crippen LogP) is 0.369. The van der Waals surface area contributed by atoms with Crippen LogP contribution < -0.4 is 5.73 Å². The number of nitro groups is 1. The van der Waals surface area contributed by atoms with Gasteiger partial charge >= 0.3 is 5.97 Å². The van der Waals surface area contributed by atoms with Gasteiger partial charge in [0.2, 0.25) is 0 Å². The lowest BCUT2D eigenvalue weighted by Gasteiger charge is -2.26.